The largest absolute Gasteiger partial charge is 0.295 e. The van der Waals surface area contributed by atoms with Crippen LogP contribution in [0.5, 0.6) is 0 Å². The average molecular weight is 178 g/mol. The summed E-state index contributed by atoms with van der Waals surface area (Å²) in [5.74, 6) is 0.277. The average Bonchev–Trinajstić information content (AvgIpc) is 2.19. The number of carbonyl (C=O) groups is 1. The molecular weight excluding hydrogens is 160 g/mol. The third-order valence-corrected chi connectivity index (χ3v) is 2.66. The summed E-state index contributed by atoms with van der Waals surface area (Å²) >= 11 is 0. The third kappa shape index (κ3) is 3.17. The molecule has 1 aliphatic rings. The fourth-order valence-corrected chi connectivity index (χ4v) is 1.65. The molecule has 1 aliphatic carbocycles. The Morgan fingerprint density at radius 1 is 1.23 bits per heavy atom. The zero-order valence-electron chi connectivity index (χ0n) is 8.60. The van der Waals surface area contributed by atoms with Crippen LogP contribution in [0.15, 0.2) is 23.3 Å². The van der Waals surface area contributed by atoms with Crippen LogP contribution in [0.2, 0.25) is 0 Å². The molecule has 0 radical (unpaired) electrons. The molecule has 0 amide bonds. The molecule has 1 rings (SSSR count). The summed E-state index contributed by atoms with van der Waals surface area (Å²) < 4.78 is 0. The SMILES string of the molecule is CC=C1CCC(=CC(=O)CC)CC1. The van der Waals surface area contributed by atoms with E-state index in [0.29, 0.717) is 6.42 Å². The van der Waals surface area contributed by atoms with E-state index < -0.39 is 0 Å². The fraction of sp³-hybridized carbons (Fsp3) is 0.583. The Morgan fingerprint density at radius 2 is 1.77 bits per heavy atom. The quantitative estimate of drug-likeness (QED) is 0.468. The van der Waals surface area contributed by atoms with Gasteiger partial charge in [0.05, 0.1) is 0 Å². The molecule has 0 aromatic carbocycles. The molecule has 0 aromatic heterocycles. The van der Waals surface area contributed by atoms with E-state index in [0.717, 1.165) is 25.7 Å². The zero-order valence-corrected chi connectivity index (χ0v) is 8.60. The Hall–Kier alpha value is -0.850. The van der Waals surface area contributed by atoms with Gasteiger partial charge in [0.2, 0.25) is 0 Å². The van der Waals surface area contributed by atoms with E-state index in [1.807, 2.05) is 13.0 Å². The summed E-state index contributed by atoms with van der Waals surface area (Å²) in [5.41, 5.74) is 2.89. The van der Waals surface area contributed by atoms with Gasteiger partial charge in [-0.05, 0) is 38.7 Å². The second-order valence-electron chi connectivity index (χ2n) is 3.57. The van der Waals surface area contributed by atoms with Crippen LogP contribution in [-0.2, 0) is 4.79 Å². The summed E-state index contributed by atoms with van der Waals surface area (Å²) in [6.45, 7) is 4.01. The monoisotopic (exact) mass is 178 g/mol. The smallest absolute Gasteiger partial charge is 0.155 e. The van der Waals surface area contributed by atoms with Gasteiger partial charge in [-0.25, -0.2) is 0 Å². The highest BCUT2D eigenvalue weighted by atomic mass is 16.1. The minimum absolute atomic E-state index is 0.277. The van der Waals surface area contributed by atoms with E-state index >= 15 is 0 Å². The normalized spacial score (nSPS) is 17.1. The van der Waals surface area contributed by atoms with Crippen LogP contribution in [0.3, 0.4) is 0 Å². The van der Waals surface area contributed by atoms with Crippen LogP contribution in [0.25, 0.3) is 0 Å². The highest BCUT2D eigenvalue weighted by Crippen LogP contribution is 2.27. The third-order valence-electron chi connectivity index (χ3n) is 2.66. The van der Waals surface area contributed by atoms with Crippen LogP contribution in [-0.4, -0.2) is 5.78 Å². The predicted octanol–water partition coefficient (Wildman–Crippen LogP) is 3.41. The van der Waals surface area contributed by atoms with Crippen LogP contribution < -0.4 is 0 Å². The van der Waals surface area contributed by atoms with Crippen molar-refractivity contribution in [2.75, 3.05) is 0 Å². The molecule has 1 nitrogen and oxygen atoms in total. The number of hydrogen-bond donors (Lipinski definition) is 0. The van der Waals surface area contributed by atoms with E-state index in [4.69, 9.17) is 0 Å². The lowest BCUT2D eigenvalue weighted by atomic mass is 9.89. The molecule has 0 aromatic rings. The number of carbonyl (C=O) groups excluding carboxylic acids is 1. The molecule has 0 spiro atoms. The summed E-state index contributed by atoms with van der Waals surface area (Å²) in [4.78, 5) is 11.1. The van der Waals surface area contributed by atoms with E-state index in [1.54, 1.807) is 5.57 Å². The van der Waals surface area contributed by atoms with Crippen LogP contribution >= 0.6 is 0 Å². The minimum atomic E-state index is 0.277. The molecule has 0 heterocycles. The minimum Gasteiger partial charge on any atom is -0.295 e. The summed E-state index contributed by atoms with van der Waals surface area (Å²) in [5, 5.41) is 0. The van der Waals surface area contributed by atoms with E-state index in [-0.39, 0.29) is 5.78 Å². The second-order valence-corrected chi connectivity index (χ2v) is 3.57. The summed E-state index contributed by atoms with van der Waals surface area (Å²) in [7, 11) is 0. The van der Waals surface area contributed by atoms with Crippen molar-refractivity contribution in [1.29, 1.82) is 0 Å². The van der Waals surface area contributed by atoms with Gasteiger partial charge in [-0.1, -0.05) is 24.1 Å². The lowest BCUT2D eigenvalue weighted by Gasteiger charge is -2.16. The van der Waals surface area contributed by atoms with Crippen LogP contribution in [0.1, 0.15) is 46.0 Å². The Bertz CT molecular complexity index is 234. The van der Waals surface area contributed by atoms with Crippen LogP contribution in [0, 0.1) is 0 Å². The van der Waals surface area contributed by atoms with Gasteiger partial charge in [0.1, 0.15) is 0 Å². The first-order chi connectivity index (χ1) is 6.26. The fourth-order valence-electron chi connectivity index (χ4n) is 1.65. The topological polar surface area (TPSA) is 17.1 Å². The molecule has 1 fully saturated rings. The van der Waals surface area contributed by atoms with Gasteiger partial charge in [-0.15, -0.1) is 0 Å². The van der Waals surface area contributed by atoms with Crippen LogP contribution in [0.4, 0.5) is 0 Å². The van der Waals surface area contributed by atoms with Crippen molar-refractivity contribution < 1.29 is 4.79 Å². The summed E-state index contributed by atoms with van der Waals surface area (Å²) in [6.07, 6.45) is 9.18. The molecular formula is C12H18O. The molecule has 0 atom stereocenters. The van der Waals surface area contributed by atoms with Gasteiger partial charge in [-0.2, -0.15) is 0 Å². The first kappa shape index (κ1) is 10.2. The van der Waals surface area contributed by atoms with Crippen molar-refractivity contribution in [2.24, 2.45) is 0 Å². The molecule has 0 N–H and O–H groups in total. The zero-order chi connectivity index (χ0) is 9.68. The van der Waals surface area contributed by atoms with E-state index in [1.165, 1.54) is 5.57 Å². The molecule has 0 saturated heterocycles. The lowest BCUT2D eigenvalue weighted by molar-refractivity contribution is -0.114. The van der Waals surface area contributed by atoms with Gasteiger partial charge in [0.15, 0.2) is 5.78 Å². The molecule has 0 bridgehead atoms. The highest BCUT2D eigenvalue weighted by Gasteiger charge is 2.09. The molecule has 1 heteroatoms. The Labute approximate surface area is 80.5 Å². The number of hydrogen-bond acceptors (Lipinski definition) is 1. The van der Waals surface area contributed by atoms with E-state index in [9.17, 15) is 4.79 Å². The summed E-state index contributed by atoms with van der Waals surface area (Å²) in [6, 6.07) is 0. The molecule has 0 unspecified atom stereocenters. The van der Waals surface area contributed by atoms with Crippen molar-refractivity contribution >= 4 is 5.78 Å². The van der Waals surface area contributed by atoms with Gasteiger partial charge in [0, 0.05) is 6.42 Å². The Kier molecular flexibility index (Phi) is 3.94. The van der Waals surface area contributed by atoms with Gasteiger partial charge in [-0.3, -0.25) is 4.79 Å². The van der Waals surface area contributed by atoms with Crippen molar-refractivity contribution in [3.8, 4) is 0 Å². The number of ketones is 1. The standard InChI is InChI=1S/C12H18O/c1-3-10-5-7-11(8-6-10)9-12(13)4-2/h3,9H,4-8H2,1-2H3. The van der Waals surface area contributed by atoms with Crippen molar-refractivity contribution in [3.05, 3.63) is 23.3 Å². The predicted molar refractivity (Wildman–Crippen MR) is 55.6 cm³/mol. The maximum absolute atomic E-state index is 11.1. The lowest BCUT2D eigenvalue weighted by Crippen LogP contribution is -2.00. The van der Waals surface area contributed by atoms with E-state index in [2.05, 4.69) is 13.0 Å². The first-order valence-electron chi connectivity index (χ1n) is 5.12. The van der Waals surface area contributed by atoms with Gasteiger partial charge < -0.3 is 0 Å². The second kappa shape index (κ2) is 5.00. The van der Waals surface area contributed by atoms with Crippen molar-refractivity contribution in [1.82, 2.24) is 0 Å². The molecule has 72 valence electrons. The van der Waals surface area contributed by atoms with Crippen molar-refractivity contribution in [3.63, 3.8) is 0 Å². The maximum atomic E-state index is 11.1. The Morgan fingerprint density at radius 3 is 2.23 bits per heavy atom. The number of rotatable bonds is 2. The maximum Gasteiger partial charge on any atom is 0.155 e. The molecule has 13 heavy (non-hydrogen) atoms. The first-order valence-corrected chi connectivity index (χ1v) is 5.12. The molecule has 0 aliphatic heterocycles. The van der Waals surface area contributed by atoms with Gasteiger partial charge in [0.25, 0.3) is 0 Å². The number of allylic oxidation sites excluding steroid dienone is 4. The van der Waals surface area contributed by atoms with Gasteiger partial charge >= 0.3 is 0 Å². The molecule has 1 saturated carbocycles. The highest BCUT2D eigenvalue weighted by molar-refractivity contribution is 5.90. The van der Waals surface area contributed by atoms with Crippen molar-refractivity contribution in [2.45, 2.75) is 46.0 Å². The Balaban J connectivity index is 2.49.